The minimum atomic E-state index is -4.59. The van der Waals surface area contributed by atoms with Crippen molar-refractivity contribution in [3.8, 4) is 0 Å². The topological polar surface area (TPSA) is 26.3 Å². The van der Waals surface area contributed by atoms with E-state index in [1.807, 2.05) is 0 Å². The summed E-state index contributed by atoms with van der Waals surface area (Å²) >= 11 is 5.46. The van der Waals surface area contributed by atoms with Gasteiger partial charge in [-0.05, 0) is 24.6 Å². The molecule has 1 aromatic rings. The van der Waals surface area contributed by atoms with E-state index in [4.69, 9.17) is 11.6 Å². The molecular weight excluding hydrogens is 245 g/mol. The van der Waals surface area contributed by atoms with Gasteiger partial charge in [0.15, 0.2) is 0 Å². The zero-order valence-corrected chi connectivity index (χ0v) is 9.24. The van der Waals surface area contributed by atoms with Crippen LogP contribution in [-0.4, -0.2) is 13.1 Å². The van der Waals surface area contributed by atoms with E-state index in [9.17, 15) is 18.0 Å². The Bertz CT molecular complexity index is 427. The maximum Gasteiger partial charge on any atom is 0.418 e. The highest BCUT2D eigenvalue weighted by Gasteiger charge is 2.36. The lowest BCUT2D eigenvalue weighted by Gasteiger charge is -2.14. The van der Waals surface area contributed by atoms with Crippen molar-refractivity contribution < 1.29 is 22.7 Å². The number of hydrogen-bond donors (Lipinski definition) is 0. The van der Waals surface area contributed by atoms with Gasteiger partial charge < -0.3 is 4.74 Å². The van der Waals surface area contributed by atoms with Gasteiger partial charge >= 0.3 is 12.1 Å². The van der Waals surface area contributed by atoms with Crippen LogP contribution >= 0.6 is 11.6 Å². The summed E-state index contributed by atoms with van der Waals surface area (Å²) in [6.45, 7) is 1.18. The van der Waals surface area contributed by atoms with E-state index in [1.165, 1.54) is 13.0 Å². The molecule has 6 heteroatoms. The molecular formula is C10H8ClF3O2. The molecule has 0 radical (unpaired) electrons. The van der Waals surface area contributed by atoms with Crippen LogP contribution in [0.5, 0.6) is 0 Å². The highest BCUT2D eigenvalue weighted by Crippen LogP contribution is 2.38. The molecule has 2 nitrogen and oxygen atoms in total. The number of halogens is 4. The number of rotatable bonds is 1. The van der Waals surface area contributed by atoms with Crippen LogP contribution < -0.4 is 0 Å². The van der Waals surface area contributed by atoms with E-state index in [-0.39, 0.29) is 11.1 Å². The molecule has 0 aliphatic carbocycles. The number of carbonyl (C=O) groups excluding carboxylic acids is 1. The predicted molar refractivity (Wildman–Crippen MR) is 52.5 cm³/mol. The molecule has 0 heterocycles. The Labute approximate surface area is 95.0 Å². The monoisotopic (exact) mass is 252 g/mol. The number of methoxy groups -OCH3 is 1. The highest BCUT2D eigenvalue weighted by molar-refractivity contribution is 6.31. The summed E-state index contributed by atoms with van der Waals surface area (Å²) in [6, 6.07) is 2.24. The maximum atomic E-state index is 12.6. The van der Waals surface area contributed by atoms with Gasteiger partial charge in [-0.25, -0.2) is 4.79 Å². The van der Waals surface area contributed by atoms with Gasteiger partial charge in [-0.1, -0.05) is 11.6 Å². The van der Waals surface area contributed by atoms with Crippen LogP contribution in [0.2, 0.25) is 5.02 Å². The number of alkyl halides is 3. The van der Waals surface area contributed by atoms with E-state index in [0.29, 0.717) is 0 Å². The van der Waals surface area contributed by atoms with Gasteiger partial charge in [-0.3, -0.25) is 0 Å². The summed E-state index contributed by atoms with van der Waals surface area (Å²) < 4.78 is 42.2. The van der Waals surface area contributed by atoms with Crippen molar-refractivity contribution in [2.24, 2.45) is 0 Å². The van der Waals surface area contributed by atoms with E-state index >= 15 is 0 Å². The lowest BCUT2D eigenvalue weighted by molar-refractivity contribution is -0.137. The summed E-state index contributed by atoms with van der Waals surface area (Å²) in [7, 11) is 1.10. The molecule has 1 aromatic carbocycles. The molecule has 88 valence electrons. The van der Waals surface area contributed by atoms with Crippen molar-refractivity contribution in [2.45, 2.75) is 13.1 Å². The summed E-state index contributed by atoms with van der Waals surface area (Å²) in [5.74, 6) is -0.820. The number of esters is 1. The lowest BCUT2D eigenvalue weighted by Crippen LogP contribution is -2.13. The van der Waals surface area contributed by atoms with Crippen LogP contribution in [0.3, 0.4) is 0 Å². The molecule has 0 aliphatic heterocycles. The first-order chi connectivity index (χ1) is 7.29. The third-order valence-corrected chi connectivity index (χ3v) is 2.42. The molecule has 0 N–H and O–H groups in total. The van der Waals surface area contributed by atoms with Gasteiger partial charge in [-0.2, -0.15) is 13.2 Å². The van der Waals surface area contributed by atoms with Gasteiger partial charge in [0, 0.05) is 0 Å². The minimum Gasteiger partial charge on any atom is -0.465 e. The van der Waals surface area contributed by atoms with E-state index in [2.05, 4.69) is 4.74 Å². The number of carbonyl (C=O) groups is 1. The molecule has 0 atom stereocenters. The first kappa shape index (κ1) is 12.8. The Kier molecular flexibility index (Phi) is 3.48. The smallest absolute Gasteiger partial charge is 0.418 e. The summed E-state index contributed by atoms with van der Waals surface area (Å²) in [4.78, 5) is 11.2. The van der Waals surface area contributed by atoms with Crippen LogP contribution in [0, 0.1) is 6.92 Å². The van der Waals surface area contributed by atoms with Gasteiger partial charge in [0.2, 0.25) is 0 Å². The van der Waals surface area contributed by atoms with Crippen LogP contribution in [0.1, 0.15) is 21.5 Å². The minimum absolute atomic E-state index is 0.140. The maximum absolute atomic E-state index is 12.6. The summed E-state index contributed by atoms with van der Waals surface area (Å²) in [5.41, 5.74) is -1.37. The quantitative estimate of drug-likeness (QED) is 0.716. The second kappa shape index (κ2) is 4.33. The van der Waals surface area contributed by atoms with Crippen molar-refractivity contribution in [2.75, 3.05) is 7.11 Å². The molecule has 1 rings (SSSR count). The Morgan fingerprint density at radius 1 is 1.38 bits per heavy atom. The fourth-order valence-corrected chi connectivity index (χ4v) is 1.67. The molecule has 0 unspecified atom stereocenters. The first-order valence-corrected chi connectivity index (χ1v) is 4.61. The predicted octanol–water partition coefficient (Wildman–Crippen LogP) is 3.45. The Morgan fingerprint density at radius 3 is 2.38 bits per heavy atom. The molecule has 0 amide bonds. The Hall–Kier alpha value is -1.23. The van der Waals surface area contributed by atoms with Crippen LogP contribution in [0.15, 0.2) is 12.1 Å². The van der Waals surface area contributed by atoms with Crippen molar-refractivity contribution in [1.29, 1.82) is 0 Å². The van der Waals surface area contributed by atoms with Gasteiger partial charge in [-0.15, -0.1) is 0 Å². The average Bonchev–Trinajstić information content (AvgIpc) is 2.14. The molecule has 0 aromatic heterocycles. The molecule has 0 saturated heterocycles. The van der Waals surface area contributed by atoms with E-state index < -0.39 is 22.7 Å². The zero-order chi connectivity index (χ0) is 12.5. The zero-order valence-electron chi connectivity index (χ0n) is 8.48. The van der Waals surface area contributed by atoms with Crippen molar-refractivity contribution >= 4 is 17.6 Å². The second-order valence-corrected chi connectivity index (χ2v) is 3.49. The lowest BCUT2D eigenvalue weighted by atomic mass is 10.0. The van der Waals surface area contributed by atoms with Crippen molar-refractivity contribution in [3.05, 3.63) is 33.8 Å². The summed E-state index contributed by atoms with van der Waals surface area (Å²) in [5, 5.41) is -0.433. The van der Waals surface area contributed by atoms with E-state index in [0.717, 1.165) is 13.2 Å². The Balaban J connectivity index is 3.45. The largest absolute Gasteiger partial charge is 0.465 e. The van der Waals surface area contributed by atoms with Gasteiger partial charge in [0.1, 0.15) is 0 Å². The highest BCUT2D eigenvalue weighted by atomic mass is 35.5. The molecule has 0 saturated carbocycles. The SMILES string of the molecule is COC(=O)c1ccc(Cl)c(C(F)(F)F)c1C. The standard InChI is InChI=1S/C10H8ClF3O2/c1-5-6(9(15)16-2)3-4-7(11)8(5)10(12,13)14/h3-4H,1-2H3. The molecule has 0 aliphatic rings. The fraction of sp³-hybridized carbons (Fsp3) is 0.300. The van der Waals surface area contributed by atoms with Crippen LogP contribution in [0.4, 0.5) is 13.2 Å². The van der Waals surface area contributed by atoms with E-state index in [1.54, 1.807) is 0 Å². The molecule has 0 bridgehead atoms. The number of ether oxygens (including phenoxy) is 1. The van der Waals surface area contributed by atoms with Gasteiger partial charge in [0.25, 0.3) is 0 Å². The molecule has 0 spiro atoms. The Morgan fingerprint density at radius 2 is 1.94 bits per heavy atom. The second-order valence-electron chi connectivity index (χ2n) is 3.08. The third kappa shape index (κ3) is 2.29. The van der Waals surface area contributed by atoms with Crippen molar-refractivity contribution in [1.82, 2.24) is 0 Å². The fourth-order valence-electron chi connectivity index (χ4n) is 1.36. The molecule has 0 fully saturated rings. The first-order valence-electron chi connectivity index (χ1n) is 4.23. The van der Waals surface area contributed by atoms with Crippen molar-refractivity contribution in [3.63, 3.8) is 0 Å². The van der Waals surface area contributed by atoms with Crippen LogP contribution in [-0.2, 0) is 10.9 Å². The average molecular weight is 253 g/mol. The van der Waals surface area contributed by atoms with Crippen LogP contribution in [0.25, 0.3) is 0 Å². The normalized spacial score (nSPS) is 11.4. The molecule has 16 heavy (non-hydrogen) atoms. The number of hydrogen-bond acceptors (Lipinski definition) is 2. The number of benzene rings is 1. The van der Waals surface area contributed by atoms with Gasteiger partial charge in [0.05, 0.1) is 23.3 Å². The third-order valence-electron chi connectivity index (χ3n) is 2.10. The summed E-state index contributed by atoms with van der Waals surface area (Å²) in [6.07, 6.45) is -4.59.